The molecule has 180 valence electrons. The number of anilines is 1. The number of allylic oxidation sites excluding steroid dienone is 4. The Labute approximate surface area is 214 Å². The maximum absolute atomic E-state index is 2.49. The molecule has 0 fully saturated rings. The second kappa shape index (κ2) is 7.93. The van der Waals surface area contributed by atoms with E-state index in [0.29, 0.717) is 0 Å². The average Bonchev–Trinajstić information content (AvgIpc) is 3.22. The molecule has 0 amide bonds. The van der Waals surface area contributed by atoms with Gasteiger partial charge in [0.15, 0.2) is 5.71 Å². The van der Waals surface area contributed by atoms with Gasteiger partial charge < -0.3 is 4.90 Å². The fourth-order valence-electron chi connectivity index (χ4n) is 6.80. The molecule has 0 N–H and O–H groups in total. The minimum absolute atomic E-state index is 0.0719. The van der Waals surface area contributed by atoms with Crippen LogP contribution in [0.4, 0.5) is 11.4 Å². The van der Waals surface area contributed by atoms with Gasteiger partial charge in [-0.1, -0.05) is 74.5 Å². The van der Waals surface area contributed by atoms with Crippen LogP contribution in [0.25, 0.3) is 21.5 Å². The second-order valence-electron chi connectivity index (χ2n) is 11.2. The van der Waals surface area contributed by atoms with Gasteiger partial charge in [-0.05, 0) is 66.1 Å². The summed E-state index contributed by atoms with van der Waals surface area (Å²) < 4.78 is 2.37. The molecule has 0 bridgehead atoms. The predicted octanol–water partition coefficient (Wildman–Crippen LogP) is 8.26. The van der Waals surface area contributed by atoms with Crippen LogP contribution in [0.5, 0.6) is 0 Å². The standard InChI is InChI=1S/C34H35N2/c1-7-36-28-22-20-24-14-9-11-16-26(24)32(28)34(4,5)30(36)18-12-17-29-33(2,3)31-25-15-10-8-13-23(25)19-21-27(31)35(29)6/h8-22H,7H2,1-6H3/q+1. The number of hydrogen-bond acceptors (Lipinski definition) is 1. The number of likely N-dealkylation sites (N-methyl/N-ethyl adjacent to an activating group) is 1. The predicted molar refractivity (Wildman–Crippen MR) is 155 cm³/mol. The molecule has 0 atom stereocenters. The Morgan fingerprint density at radius 3 is 2.03 bits per heavy atom. The molecular weight excluding hydrogens is 436 g/mol. The number of rotatable bonds is 3. The Hall–Kier alpha value is -3.65. The van der Waals surface area contributed by atoms with E-state index in [0.717, 1.165) is 6.54 Å². The van der Waals surface area contributed by atoms with Crippen LogP contribution in [0.15, 0.2) is 96.7 Å². The first kappa shape index (κ1) is 22.8. The molecule has 2 aliphatic heterocycles. The third-order valence-corrected chi connectivity index (χ3v) is 8.47. The summed E-state index contributed by atoms with van der Waals surface area (Å²) in [5.41, 5.74) is 8.04. The molecule has 2 heteroatoms. The lowest BCUT2D eigenvalue weighted by Gasteiger charge is -2.26. The summed E-state index contributed by atoms with van der Waals surface area (Å²) in [6.45, 7) is 12.7. The summed E-state index contributed by atoms with van der Waals surface area (Å²) in [4.78, 5) is 2.49. The van der Waals surface area contributed by atoms with Gasteiger partial charge in [0.1, 0.15) is 7.05 Å². The third-order valence-electron chi connectivity index (χ3n) is 8.47. The van der Waals surface area contributed by atoms with E-state index in [1.807, 2.05) is 0 Å². The SMILES string of the molecule is CCN1C(=CC=CC2=[N+](C)c3ccc4ccccc4c3C2(C)C)C(C)(C)c2c1ccc1ccccc21. The van der Waals surface area contributed by atoms with Crippen LogP contribution in [-0.4, -0.2) is 23.9 Å². The molecule has 4 aromatic carbocycles. The zero-order valence-corrected chi connectivity index (χ0v) is 22.3. The van der Waals surface area contributed by atoms with Crippen molar-refractivity contribution in [2.45, 2.75) is 45.4 Å². The molecule has 0 aromatic heterocycles. The highest BCUT2D eigenvalue weighted by Gasteiger charge is 2.44. The molecule has 0 aliphatic carbocycles. The average molecular weight is 472 g/mol. The maximum atomic E-state index is 2.49. The van der Waals surface area contributed by atoms with E-state index >= 15 is 0 Å². The van der Waals surface area contributed by atoms with Gasteiger partial charge in [0.05, 0.1) is 5.41 Å². The second-order valence-corrected chi connectivity index (χ2v) is 11.2. The van der Waals surface area contributed by atoms with Crippen molar-refractivity contribution in [2.24, 2.45) is 0 Å². The zero-order chi connectivity index (χ0) is 25.2. The van der Waals surface area contributed by atoms with Crippen LogP contribution in [0, 0.1) is 0 Å². The Morgan fingerprint density at radius 2 is 1.36 bits per heavy atom. The topological polar surface area (TPSA) is 6.25 Å². The Morgan fingerprint density at radius 1 is 0.750 bits per heavy atom. The van der Waals surface area contributed by atoms with Crippen LogP contribution in [0.3, 0.4) is 0 Å². The first-order valence-electron chi connectivity index (χ1n) is 13.1. The quantitative estimate of drug-likeness (QED) is 0.273. The van der Waals surface area contributed by atoms with Crippen LogP contribution >= 0.6 is 0 Å². The summed E-state index contributed by atoms with van der Waals surface area (Å²) in [7, 11) is 2.20. The van der Waals surface area contributed by atoms with Crippen LogP contribution in [0.1, 0.15) is 45.7 Å². The van der Waals surface area contributed by atoms with Gasteiger partial charge in [0.25, 0.3) is 0 Å². The van der Waals surface area contributed by atoms with Crippen molar-refractivity contribution in [3.63, 3.8) is 0 Å². The molecule has 2 nitrogen and oxygen atoms in total. The summed E-state index contributed by atoms with van der Waals surface area (Å²) in [5, 5.41) is 5.33. The lowest BCUT2D eigenvalue weighted by molar-refractivity contribution is -0.401. The van der Waals surface area contributed by atoms with Crippen molar-refractivity contribution in [1.82, 2.24) is 0 Å². The maximum Gasteiger partial charge on any atom is 0.210 e. The van der Waals surface area contributed by atoms with Gasteiger partial charge in [-0.2, -0.15) is 4.58 Å². The van der Waals surface area contributed by atoms with Crippen molar-refractivity contribution < 1.29 is 4.58 Å². The lowest BCUT2D eigenvalue weighted by Crippen LogP contribution is -2.27. The smallest absolute Gasteiger partial charge is 0.210 e. The fraction of sp³-hybridized carbons (Fsp3) is 0.265. The third kappa shape index (κ3) is 3.07. The lowest BCUT2D eigenvalue weighted by atomic mass is 9.79. The van der Waals surface area contributed by atoms with Crippen molar-refractivity contribution >= 4 is 38.6 Å². The normalized spacial score (nSPS) is 19.2. The monoisotopic (exact) mass is 471 g/mol. The van der Waals surface area contributed by atoms with E-state index < -0.39 is 0 Å². The van der Waals surface area contributed by atoms with Gasteiger partial charge in [-0.15, -0.1) is 0 Å². The fourth-order valence-corrected chi connectivity index (χ4v) is 6.80. The molecule has 4 aromatic rings. The van der Waals surface area contributed by atoms with Gasteiger partial charge in [0, 0.05) is 41.1 Å². The molecule has 0 spiro atoms. The number of benzene rings is 4. The molecule has 0 saturated heterocycles. The zero-order valence-electron chi connectivity index (χ0n) is 22.3. The van der Waals surface area contributed by atoms with Crippen LogP contribution in [0.2, 0.25) is 0 Å². The van der Waals surface area contributed by atoms with Crippen molar-refractivity contribution in [3.05, 3.63) is 108 Å². The minimum atomic E-state index is -0.0746. The largest absolute Gasteiger partial charge is 0.344 e. The first-order chi connectivity index (χ1) is 17.3. The van der Waals surface area contributed by atoms with Gasteiger partial charge in [-0.3, -0.25) is 0 Å². The highest BCUT2D eigenvalue weighted by atomic mass is 15.2. The highest BCUT2D eigenvalue weighted by molar-refractivity contribution is 6.07. The van der Waals surface area contributed by atoms with Gasteiger partial charge in [-0.25, -0.2) is 0 Å². The van der Waals surface area contributed by atoms with Crippen molar-refractivity contribution in [1.29, 1.82) is 0 Å². The molecule has 6 rings (SSSR count). The van der Waals surface area contributed by atoms with E-state index in [1.54, 1.807) is 0 Å². The number of nitrogens with zero attached hydrogens (tertiary/aromatic N) is 2. The van der Waals surface area contributed by atoms with Crippen molar-refractivity contribution in [3.8, 4) is 0 Å². The Bertz CT molecular complexity index is 1630. The van der Waals surface area contributed by atoms with Gasteiger partial charge in [0.2, 0.25) is 5.69 Å². The van der Waals surface area contributed by atoms with E-state index in [1.165, 1.54) is 55.5 Å². The Balaban J connectivity index is 1.43. The molecular formula is C34H35N2+. The molecule has 0 unspecified atom stereocenters. The van der Waals surface area contributed by atoms with Gasteiger partial charge >= 0.3 is 0 Å². The summed E-state index contributed by atoms with van der Waals surface area (Å²) in [5.74, 6) is 0. The molecule has 2 aliphatic rings. The highest BCUT2D eigenvalue weighted by Crippen LogP contribution is 2.50. The molecule has 36 heavy (non-hydrogen) atoms. The summed E-state index contributed by atoms with van der Waals surface area (Å²) in [6, 6.07) is 26.6. The van der Waals surface area contributed by atoms with E-state index in [4.69, 9.17) is 0 Å². The van der Waals surface area contributed by atoms with Crippen LogP contribution < -0.4 is 4.90 Å². The molecule has 0 saturated carbocycles. The minimum Gasteiger partial charge on any atom is -0.344 e. The van der Waals surface area contributed by atoms with E-state index in [9.17, 15) is 0 Å². The summed E-state index contributed by atoms with van der Waals surface area (Å²) >= 11 is 0. The molecule has 2 heterocycles. The van der Waals surface area contributed by atoms with Crippen LogP contribution in [-0.2, 0) is 10.8 Å². The first-order valence-corrected chi connectivity index (χ1v) is 13.1. The Kier molecular flexibility index (Phi) is 5.02. The van der Waals surface area contributed by atoms with Crippen molar-refractivity contribution in [2.75, 3.05) is 18.5 Å². The molecule has 0 radical (unpaired) electrons. The number of fused-ring (bicyclic) bond motifs is 6. The van der Waals surface area contributed by atoms with E-state index in [2.05, 4.69) is 142 Å². The number of hydrogen-bond donors (Lipinski definition) is 0. The van der Waals surface area contributed by atoms with E-state index in [-0.39, 0.29) is 10.8 Å². The summed E-state index contributed by atoms with van der Waals surface area (Å²) in [6.07, 6.45) is 6.94.